The second kappa shape index (κ2) is 4.45. The van der Waals surface area contributed by atoms with Crippen molar-refractivity contribution in [3.8, 4) is 5.75 Å². The van der Waals surface area contributed by atoms with E-state index >= 15 is 0 Å². The maximum absolute atomic E-state index is 10.6. The number of carboxylic acids is 1. The Morgan fingerprint density at radius 2 is 2.15 bits per heavy atom. The first-order chi connectivity index (χ1) is 6.15. The smallest absolute Gasteiger partial charge is 0.335 e. The Kier molecular flexibility index (Phi) is 3.53. The lowest BCUT2D eigenvalue weighted by molar-refractivity contribution is 0.0697. The average Bonchev–Trinajstić information content (AvgIpc) is 2.08. The lowest BCUT2D eigenvalue weighted by atomic mass is 10.1. The monoisotopic (exact) mass is 292 g/mol. The normalized spacial score (nSPS) is 9.92. The number of phenols is 1. The zero-order valence-corrected chi connectivity index (χ0v) is 8.98. The van der Waals surface area contributed by atoms with Crippen LogP contribution in [-0.2, 0) is 6.42 Å². The maximum Gasteiger partial charge on any atom is 0.335 e. The van der Waals surface area contributed by atoms with Crippen LogP contribution in [0.5, 0.6) is 5.75 Å². The molecule has 1 rings (SSSR count). The summed E-state index contributed by atoms with van der Waals surface area (Å²) in [5.74, 6) is -0.795. The third-order valence-electron chi connectivity index (χ3n) is 1.69. The van der Waals surface area contributed by atoms with E-state index in [1.165, 1.54) is 18.2 Å². The van der Waals surface area contributed by atoms with Gasteiger partial charge in [-0.1, -0.05) is 22.6 Å². The number of hydrogen-bond donors (Lipinski definition) is 2. The van der Waals surface area contributed by atoms with Gasteiger partial charge >= 0.3 is 5.97 Å². The van der Waals surface area contributed by atoms with Gasteiger partial charge in [-0.25, -0.2) is 4.79 Å². The Hall–Kier alpha value is -0.780. The van der Waals surface area contributed by atoms with E-state index in [1.807, 2.05) is 0 Å². The molecule has 0 amide bonds. The molecular weight excluding hydrogens is 283 g/mol. The molecular formula is C9H9IO3. The van der Waals surface area contributed by atoms with Gasteiger partial charge in [0.2, 0.25) is 0 Å². The van der Waals surface area contributed by atoms with Crippen molar-refractivity contribution in [2.24, 2.45) is 0 Å². The number of rotatable bonds is 3. The van der Waals surface area contributed by atoms with Crippen LogP contribution in [0.25, 0.3) is 0 Å². The highest BCUT2D eigenvalue weighted by atomic mass is 127. The molecule has 4 heteroatoms. The molecule has 0 unspecified atom stereocenters. The van der Waals surface area contributed by atoms with Crippen LogP contribution in [0.15, 0.2) is 18.2 Å². The Labute approximate surface area is 89.5 Å². The standard InChI is InChI=1S/C9H9IO3/c10-4-3-6-5-7(9(12)13)1-2-8(6)11/h1-2,5,11H,3-4H2,(H,12,13). The molecule has 0 saturated heterocycles. The van der Waals surface area contributed by atoms with Gasteiger partial charge in [0, 0.05) is 4.43 Å². The topological polar surface area (TPSA) is 57.5 Å². The molecule has 0 aliphatic carbocycles. The highest BCUT2D eigenvalue weighted by molar-refractivity contribution is 14.1. The van der Waals surface area contributed by atoms with Crippen LogP contribution in [0.1, 0.15) is 15.9 Å². The SMILES string of the molecule is O=C(O)c1ccc(O)c(CCI)c1. The second-order valence-corrected chi connectivity index (χ2v) is 3.67. The lowest BCUT2D eigenvalue weighted by Crippen LogP contribution is -1.98. The molecule has 0 spiro atoms. The summed E-state index contributed by atoms with van der Waals surface area (Å²) < 4.78 is 0.856. The minimum absolute atomic E-state index is 0.168. The van der Waals surface area contributed by atoms with Crippen molar-refractivity contribution in [1.29, 1.82) is 0 Å². The van der Waals surface area contributed by atoms with E-state index in [-0.39, 0.29) is 11.3 Å². The molecule has 70 valence electrons. The quantitative estimate of drug-likeness (QED) is 0.662. The van der Waals surface area contributed by atoms with E-state index in [0.717, 1.165) is 4.43 Å². The predicted molar refractivity (Wildman–Crippen MR) is 57.7 cm³/mol. The van der Waals surface area contributed by atoms with Gasteiger partial charge in [-0.05, 0) is 30.2 Å². The van der Waals surface area contributed by atoms with Crippen LogP contribution < -0.4 is 0 Å². The third kappa shape index (κ3) is 2.58. The van der Waals surface area contributed by atoms with Crippen molar-refractivity contribution in [3.63, 3.8) is 0 Å². The molecule has 1 aromatic rings. The van der Waals surface area contributed by atoms with Crippen LogP contribution in [0, 0.1) is 0 Å². The number of aromatic hydroxyl groups is 1. The molecule has 3 nitrogen and oxygen atoms in total. The number of aromatic carboxylic acids is 1. The summed E-state index contributed by atoms with van der Waals surface area (Å²) in [6, 6.07) is 4.33. The number of carbonyl (C=O) groups is 1. The highest BCUT2D eigenvalue weighted by Gasteiger charge is 2.06. The highest BCUT2D eigenvalue weighted by Crippen LogP contribution is 2.19. The molecule has 0 saturated carbocycles. The summed E-state index contributed by atoms with van der Waals surface area (Å²) >= 11 is 2.18. The molecule has 0 aromatic heterocycles. The number of hydrogen-bond acceptors (Lipinski definition) is 2. The summed E-state index contributed by atoms with van der Waals surface area (Å²) in [4.78, 5) is 10.6. The number of alkyl halides is 1. The lowest BCUT2D eigenvalue weighted by Gasteiger charge is -2.03. The largest absolute Gasteiger partial charge is 0.508 e. The fourth-order valence-corrected chi connectivity index (χ4v) is 1.60. The van der Waals surface area contributed by atoms with Crippen LogP contribution in [0.4, 0.5) is 0 Å². The number of carboxylic acid groups (broad SMARTS) is 1. The van der Waals surface area contributed by atoms with E-state index in [0.29, 0.717) is 12.0 Å². The van der Waals surface area contributed by atoms with E-state index in [1.54, 1.807) is 0 Å². The van der Waals surface area contributed by atoms with Crippen LogP contribution in [0.3, 0.4) is 0 Å². The van der Waals surface area contributed by atoms with Gasteiger partial charge in [0.05, 0.1) is 5.56 Å². The minimum Gasteiger partial charge on any atom is -0.508 e. The molecule has 1 aromatic carbocycles. The number of phenolic OH excluding ortho intramolecular Hbond substituents is 1. The Bertz CT molecular complexity index is 323. The average molecular weight is 292 g/mol. The molecule has 2 N–H and O–H groups in total. The van der Waals surface area contributed by atoms with Gasteiger partial charge in [0.25, 0.3) is 0 Å². The molecule has 13 heavy (non-hydrogen) atoms. The molecule has 0 atom stereocenters. The first kappa shape index (κ1) is 10.3. The summed E-state index contributed by atoms with van der Waals surface area (Å²) in [6.45, 7) is 0. The number of benzene rings is 1. The number of aryl methyl sites for hydroxylation is 1. The Morgan fingerprint density at radius 1 is 1.46 bits per heavy atom. The molecule has 0 radical (unpaired) electrons. The van der Waals surface area contributed by atoms with Gasteiger partial charge in [-0.15, -0.1) is 0 Å². The van der Waals surface area contributed by atoms with E-state index in [9.17, 15) is 9.90 Å². The predicted octanol–water partition coefficient (Wildman–Crippen LogP) is 2.07. The first-order valence-corrected chi connectivity index (χ1v) is 5.29. The molecule has 0 aliphatic rings. The van der Waals surface area contributed by atoms with Gasteiger partial charge < -0.3 is 10.2 Å². The summed E-state index contributed by atoms with van der Waals surface area (Å²) in [6.07, 6.45) is 0.688. The van der Waals surface area contributed by atoms with Crippen LogP contribution in [0.2, 0.25) is 0 Å². The van der Waals surface area contributed by atoms with Crippen LogP contribution >= 0.6 is 22.6 Å². The summed E-state index contributed by atoms with van der Waals surface area (Å²) in [7, 11) is 0. The van der Waals surface area contributed by atoms with E-state index in [4.69, 9.17) is 5.11 Å². The molecule has 0 heterocycles. The van der Waals surface area contributed by atoms with Crippen molar-refractivity contribution < 1.29 is 15.0 Å². The summed E-state index contributed by atoms with van der Waals surface area (Å²) in [5, 5.41) is 18.0. The zero-order valence-electron chi connectivity index (χ0n) is 6.83. The van der Waals surface area contributed by atoms with Gasteiger partial charge in [0.15, 0.2) is 0 Å². The minimum atomic E-state index is -0.963. The van der Waals surface area contributed by atoms with E-state index in [2.05, 4.69) is 22.6 Å². The zero-order chi connectivity index (χ0) is 9.84. The number of halogens is 1. The molecule has 0 aliphatic heterocycles. The van der Waals surface area contributed by atoms with Crippen molar-refractivity contribution in [2.75, 3.05) is 4.43 Å². The fourth-order valence-electron chi connectivity index (χ4n) is 1.02. The van der Waals surface area contributed by atoms with E-state index < -0.39 is 5.97 Å². The van der Waals surface area contributed by atoms with Crippen molar-refractivity contribution in [1.82, 2.24) is 0 Å². The van der Waals surface area contributed by atoms with Crippen LogP contribution in [-0.4, -0.2) is 20.6 Å². The van der Waals surface area contributed by atoms with Crippen molar-refractivity contribution in [3.05, 3.63) is 29.3 Å². The third-order valence-corrected chi connectivity index (χ3v) is 2.23. The van der Waals surface area contributed by atoms with Gasteiger partial charge in [0.1, 0.15) is 5.75 Å². The maximum atomic E-state index is 10.6. The van der Waals surface area contributed by atoms with Gasteiger partial charge in [-0.3, -0.25) is 0 Å². The van der Waals surface area contributed by atoms with Crippen molar-refractivity contribution in [2.45, 2.75) is 6.42 Å². The second-order valence-electron chi connectivity index (χ2n) is 2.59. The first-order valence-electron chi connectivity index (χ1n) is 3.76. The van der Waals surface area contributed by atoms with Gasteiger partial charge in [-0.2, -0.15) is 0 Å². The van der Waals surface area contributed by atoms with Crippen molar-refractivity contribution >= 4 is 28.6 Å². The molecule has 0 bridgehead atoms. The molecule has 0 fully saturated rings. The summed E-state index contributed by atoms with van der Waals surface area (Å²) in [5.41, 5.74) is 0.909. The Balaban J connectivity index is 3.03. The Morgan fingerprint density at radius 3 is 2.69 bits per heavy atom. The fraction of sp³-hybridized carbons (Fsp3) is 0.222.